The van der Waals surface area contributed by atoms with E-state index in [4.69, 9.17) is 11.6 Å². The number of nitrogens with zero attached hydrogens (tertiary/aromatic N) is 2. The number of halogens is 1. The first-order valence-corrected chi connectivity index (χ1v) is 5.49. The SMILES string of the molecule is CCNc1cncc(-c2cccc(Cl)c2)n1. The predicted octanol–water partition coefficient (Wildman–Crippen LogP) is 3.23. The van der Waals surface area contributed by atoms with Crippen LogP contribution in [0.4, 0.5) is 5.82 Å². The first kappa shape index (κ1) is 10.9. The van der Waals surface area contributed by atoms with Crippen LogP contribution in [0.3, 0.4) is 0 Å². The molecule has 82 valence electrons. The van der Waals surface area contributed by atoms with Crippen LogP contribution in [0.25, 0.3) is 11.3 Å². The van der Waals surface area contributed by atoms with E-state index in [2.05, 4.69) is 15.3 Å². The maximum Gasteiger partial charge on any atom is 0.145 e. The summed E-state index contributed by atoms with van der Waals surface area (Å²) in [5.74, 6) is 0.778. The standard InChI is InChI=1S/C12H12ClN3/c1-2-15-12-8-14-7-11(16-12)9-4-3-5-10(13)6-9/h3-8H,2H2,1H3,(H,15,16). The van der Waals surface area contributed by atoms with E-state index in [1.54, 1.807) is 12.4 Å². The lowest BCUT2D eigenvalue weighted by Gasteiger charge is -2.04. The minimum Gasteiger partial charge on any atom is -0.369 e. The van der Waals surface area contributed by atoms with E-state index in [9.17, 15) is 0 Å². The lowest BCUT2D eigenvalue weighted by atomic mass is 10.2. The summed E-state index contributed by atoms with van der Waals surface area (Å²) in [4.78, 5) is 8.58. The Balaban J connectivity index is 2.36. The summed E-state index contributed by atoms with van der Waals surface area (Å²) in [6, 6.07) is 7.58. The summed E-state index contributed by atoms with van der Waals surface area (Å²) in [7, 11) is 0. The number of aromatic nitrogens is 2. The minimum atomic E-state index is 0.702. The van der Waals surface area contributed by atoms with E-state index in [0.29, 0.717) is 5.02 Å². The highest BCUT2D eigenvalue weighted by molar-refractivity contribution is 6.30. The molecule has 0 saturated carbocycles. The molecule has 2 rings (SSSR count). The molecule has 0 spiro atoms. The normalized spacial score (nSPS) is 10.1. The topological polar surface area (TPSA) is 37.8 Å². The molecule has 4 heteroatoms. The lowest BCUT2D eigenvalue weighted by Crippen LogP contribution is -2.00. The van der Waals surface area contributed by atoms with Gasteiger partial charge in [-0.3, -0.25) is 4.98 Å². The first-order valence-electron chi connectivity index (χ1n) is 5.11. The molecule has 0 fully saturated rings. The maximum absolute atomic E-state index is 5.93. The van der Waals surface area contributed by atoms with E-state index < -0.39 is 0 Å². The largest absolute Gasteiger partial charge is 0.369 e. The van der Waals surface area contributed by atoms with Crippen LogP contribution in [0.15, 0.2) is 36.7 Å². The second-order valence-electron chi connectivity index (χ2n) is 3.33. The third-order valence-electron chi connectivity index (χ3n) is 2.11. The molecule has 0 radical (unpaired) electrons. The summed E-state index contributed by atoms with van der Waals surface area (Å²) < 4.78 is 0. The minimum absolute atomic E-state index is 0.702. The van der Waals surface area contributed by atoms with Gasteiger partial charge in [-0.15, -0.1) is 0 Å². The van der Waals surface area contributed by atoms with Crippen LogP contribution in [0.5, 0.6) is 0 Å². The Labute approximate surface area is 99.5 Å². The number of hydrogen-bond acceptors (Lipinski definition) is 3. The molecule has 0 aliphatic heterocycles. The third kappa shape index (κ3) is 2.49. The number of nitrogens with one attached hydrogen (secondary N) is 1. The molecule has 3 nitrogen and oxygen atoms in total. The molecule has 0 bridgehead atoms. The van der Waals surface area contributed by atoms with E-state index in [1.165, 1.54) is 0 Å². The fourth-order valence-electron chi connectivity index (χ4n) is 1.42. The first-order chi connectivity index (χ1) is 7.79. The molecule has 0 aliphatic rings. The van der Waals surface area contributed by atoms with E-state index in [-0.39, 0.29) is 0 Å². The third-order valence-corrected chi connectivity index (χ3v) is 2.35. The molecule has 1 aromatic heterocycles. The van der Waals surface area contributed by atoms with Gasteiger partial charge in [0.1, 0.15) is 5.82 Å². The molecular weight excluding hydrogens is 222 g/mol. The molecule has 1 N–H and O–H groups in total. The van der Waals surface area contributed by atoms with Crippen LogP contribution in [0.1, 0.15) is 6.92 Å². The summed E-state index contributed by atoms with van der Waals surface area (Å²) in [5, 5.41) is 3.83. The lowest BCUT2D eigenvalue weighted by molar-refractivity contribution is 1.12. The zero-order valence-corrected chi connectivity index (χ0v) is 9.70. The Morgan fingerprint density at radius 1 is 1.31 bits per heavy atom. The van der Waals surface area contributed by atoms with E-state index >= 15 is 0 Å². The molecule has 1 aromatic carbocycles. The van der Waals surface area contributed by atoms with Crippen LogP contribution in [-0.2, 0) is 0 Å². The zero-order chi connectivity index (χ0) is 11.4. The van der Waals surface area contributed by atoms with Gasteiger partial charge >= 0.3 is 0 Å². The summed E-state index contributed by atoms with van der Waals surface area (Å²) in [5.41, 5.74) is 1.79. The van der Waals surface area contributed by atoms with Gasteiger partial charge in [-0.05, 0) is 19.1 Å². The van der Waals surface area contributed by atoms with Crippen LogP contribution in [0.2, 0.25) is 5.02 Å². The van der Waals surface area contributed by atoms with Crippen molar-refractivity contribution >= 4 is 17.4 Å². The number of anilines is 1. The average molecular weight is 234 g/mol. The van der Waals surface area contributed by atoms with Gasteiger partial charge in [-0.25, -0.2) is 4.98 Å². The van der Waals surface area contributed by atoms with Crippen molar-refractivity contribution in [1.29, 1.82) is 0 Å². The summed E-state index contributed by atoms with van der Waals surface area (Å²) in [6.07, 6.45) is 3.43. The van der Waals surface area contributed by atoms with Crippen molar-refractivity contribution in [2.24, 2.45) is 0 Å². The van der Waals surface area contributed by atoms with Crippen LogP contribution >= 0.6 is 11.6 Å². The number of rotatable bonds is 3. The smallest absolute Gasteiger partial charge is 0.145 e. The van der Waals surface area contributed by atoms with Gasteiger partial charge in [-0.1, -0.05) is 23.7 Å². The van der Waals surface area contributed by atoms with Gasteiger partial charge in [0.2, 0.25) is 0 Å². The quantitative estimate of drug-likeness (QED) is 0.885. The number of hydrogen-bond donors (Lipinski definition) is 1. The number of benzene rings is 1. The average Bonchev–Trinajstić information content (AvgIpc) is 2.30. The van der Waals surface area contributed by atoms with Crippen molar-refractivity contribution in [3.8, 4) is 11.3 Å². The highest BCUT2D eigenvalue weighted by Gasteiger charge is 2.01. The fourth-order valence-corrected chi connectivity index (χ4v) is 1.61. The van der Waals surface area contributed by atoms with Gasteiger partial charge in [0.05, 0.1) is 18.1 Å². The van der Waals surface area contributed by atoms with Gasteiger partial charge in [-0.2, -0.15) is 0 Å². The van der Waals surface area contributed by atoms with Crippen molar-refractivity contribution in [2.45, 2.75) is 6.92 Å². The predicted molar refractivity (Wildman–Crippen MR) is 66.6 cm³/mol. The van der Waals surface area contributed by atoms with Crippen LogP contribution in [-0.4, -0.2) is 16.5 Å². The molecule has 16 heavy (non-hydrogen) atoms. The Hall–Kier alpha value is -1.61. The van der Waals surface area contributed by atoms with Crippen molar-refractivity contribution in [3.63, 3.8) is 0 Å². The molecule has 0 aliphatic carbocycles. The molecule has 0 unspecified atom stereocenters. The maximum atomic E-state index is 5.93. The Bertz CT molecular complexity index is 485. The summed E-state index contributed by atoms with van der Waals surface area (Å²) in [6.45, 7) is 2.85. The van der Waals surface area contributed by atoms with Crippen molar-refractivity contribution < 1.29 is 0 Å². The van der Waals surface area contributed by atoms with Gasteiger partial charge in [0, 0.05) is 17.1 Å². The van der Waals surface area contributed by atoms with Crippen molar-refractivity contribution in [1.82, 2.24) is 9.97 Å². The molecule has 0 atom stereocenters. The Morgan fingerprint density at radius 3 is 2.94 bits per heavy atom. The second-order valence-corrected chi connectivity index (χ2v) is 3.77. The molecule has 0 amide bonds. The van der Waals surface area contributed by atoms with Crippen molar-refractivity contribution in [3.05, 3.63) is 41.7 Å². The molecular formula is C12H12ClN3. The van der Waals surface area contributed by atoms with Gasteiger partial charge < -0.3 is 5.32 Å². The second kappa shape index (κ2) is 4.94. The Morgan fingerprint density at radius 2 is 2.19 bits per heavy atom. The molecule has 0 saturated heterocycles. The molecule has 1 heterocycles. The highest BCUT2D eigenvalue weighted by Crippen LogP contribution is 2.21. The highest BCUT2D eigenvalue weighted by atomic mass is 35.5. The van der Waals surface area contributed by atoms with E-state index in [1.807, 2.05) is 31.2 Å². The Kier molecular flexibility index (Phi) is 3.37. The van der Waals surface area contributed by atoms with E-state index in [0.717, 1.165) is 23.6 Å². The van der Waals surface area contributed by atoms with Crippen LogP contribution < -0.4 is 5.32 Å². The fraction of sp³-hybridized carbons (Fsp3) is 0.167. The van der Waals surface area contributed by atoms with Gasteiger partial charge in [0.15, 0.2) is 0 Å². The zero-order valence-electron chi connectivity index (χ0n) is 8.94. The molecule has 2 aromatic rings. The monoisotopic (exact) mass is 233 g/mol. The van der Waals surface area contributed by atoms with Crippen molar-refractivity contribution in [2.75, 3.05) is 11.9 Å². The van der Waals surface area contributed by atoms with Crippen LogP contribution in [0, 0.1) is 0 Å². The summed E-state index contributed by atoms with van der Waals surface area (Å²) >= 11 is 5.93. The van der Waals surface area contributed by atoms with Gasteiger partial charge in [0.25, 0.3) is 0 Å².